The van der Waals surface area contributed by atoms with Crippen LogP contribution in [0.2, 0.25) is 0 Å². The molecule has 0 heterocycles. The number of nitrogens with zero attached hydrogens (tertiary/aromatic N) is 2. The molecule has 0 atom stereocenters. The van der Waals surface area contributed by atoms with Crippen molar-refractivity contribution in [2.75, 3.05) is 34.2 Å². The Hall–Kier alpha value is -0.660. The molecule has 0 radical (unpaired) electrons. The van der Waals surface area contributed by atoms with Gasteiger partial charge in [-0.05, 0) is 43.8 Å². The summed E-state index contributed by atoms with van der Waals surface area (Å²) < 4.78 is 26.4. The average molecular weight is 350 g/mol. The summed E-state index contributed by atoms with van der Waals surface area (Å²) in [6.07, 6.45) is 0. The van der Waals surface area contributed by atoms with Crippen molar-refractivity contribution in [3.05, 3.63) is 29.8 Å². The van der Waals surface area contributed by atoms with Crippen LogP contribution in [0, 0.1) is 5.41 Å². The minimum Gasteiger partial charge on any atom is -0.330 e. The van der Waals surface area contributed by atoms with Gasteiger partial charge in [0.2, 0.25) is 10.0 Å². The number of nitrogens with two attached hydrogens (primary N) is 1. The van der Waals surface area contributed by atoms with Crippen LogP contribution in [-0.2, 0) is 16.6 Å². The maximum atomic E-state index is 12.5. The fraction of sp³-hybridized carbons (Fsp3) is 0.600. The molecule has 128 valence electrons. The van der Waals surface area contributed by atoms with E-state index < -0.39 is 10.0 Å². The van der Waals surface area contributed by atoms with E-state index in [1.165, 1.54) is 4.31 Å². The van der Waals surface area contributed by atoms with Gasteiger partial charge >= 0.3 is 0 Å². The van der Waals surface area contributed by atoms with Crippen LogP contribution >= 0.6 is 12.4 Å². The second kappa shape index (κ2) is 8.26. The highest BCUT2D eigenvalue weighted by molar-refractivity contribution is 7.89. The minimum atomic E-state index is -3.46. The number of rotatable bonds is 7. The van der Waals surface area contributed by atoms with E-state index in [4.69, 9.17) is 5.73 Å². The first-order valence-electron chi connectivity index (χ1n) is 6.98. The van der Waals surface area contributed by atoms with E-state index in [0.29, 0.717) is 18.0 Å². The van der Waals surface area contributed by atoms with Crippen molar-refractivity contribution in [2.45, 2.75) is 25.3 Å². The first kappa shape index (κ1) is 21.3. The molecule has 0 amide bonds. The van der Waals surface area contributed by atoms with Crippen molar-refractivity contribution in [3.63, 3.8) is 0 Å². The molecule has 0 bridgehead atoms. The van der Waals surface area contributed by atoms with Gasteiger partial charge in [-0.15, -0.1) is 12.4 Å². The Labute approximate surface area is 140 Å². The van der Waals surface area contributed by atoms with Crippen molar-refractivity contribution >= 4 is 22.4 Å². The predicted molar refractivity (Wildman–Crippen MR) is 93.7 cm³/mol. The first-order chi connectivity index (χ1) is 9.58. The molecule has 0 aliphatic carbocycles. The van der Waals surface area contributed by atoms with Crippen LogP contribution in [-0.4, -0.2) is 51.9 Å². The molecule has 22 heavy (non-hydrogen) atoms. The Bertz CT molecular complexity index is 557. The van der Waals surface area contributed by atoms with Gasteiger partial charge in [-0.1, -0.05) is 26.0 Å². The Morgan fingerprint density at radius 2 is 1.59 bits per heavy atom. The first-order valence-corrected chi connectivity index (χ1v) is 8.42. The molecule has 0 spiro atoms. The highest BCUT2D eigenvalue weighted by Crippen LogP contribution is 2.21. The Morgan fingerprint density at radius 1 is 1.09 bits per heavy atom. The molecule has 1 rings (SSSR count). The average Bonchev–Trinajstić information content (AvgIpc) is 2.38. The third-order valence-electron chi connectivity index (χ3n) is 3.33. The van der Waals surface area contributed by atoms with Crippen molar-refractivity contribution in [1.29, 1.82) is 0 Å². The zero-order valence-electron chi connectivity index (χ0n) is 14.0. The lowest BCUT2D eigenvalue weighted by Crippen LogP contribution is -2.39. The van der Waals surface area contributed by atoms with Crippen LogP contribution in [0.1, 0.15) is 19.4 Å². The zero-order chi connectivity index (χ0) is 16.3. The molecule has 0 saturated heterocycles. The lowest BCUT2D eigenvalue weighted by Gasteiger charge is -2.28. The molecule has 0 fully saturated rings. The fourth-order valence-corrected chi connectivity index (χ4v) is 3.42. The third kappa shape index (κ3) is 5.85. The highest BCUT2D eigenvalue weighted by Gasteiger charge is 2.27. The van der Waals surface area contributed by atoms with Gasteiger partial charge in [0.05, 0.1) is 4.90 Å². The van der Waals surface area contributed by atoms with E-state index in [9.17, 15) is 8.42 Å². The summed E-state index contributed by atoms with van der Waals surface area (Å²) in [6, 6.07) is 7.05. The molecule has 0 unspecified atom stereocenters. The van der Waals surface area contributed by atoms with Crippen LogP contribution in [0.15, 0.2) is 29.2 Å². The maximum Gasteiger partial charge on any atom is 0.242 e. The highest BCUT2D eigenvalue weighted by atomic mass is 35.5. The van der Waals surface area contributed by atoms with Crippen molar-refractivity contribution in [1.82, 2.24) is 9.21 Å². The van der Waals surface area contributed by atoms with E-state index >= 15 is 0 Å². The summed E-state index contributed by atoms with van der Waals surface area (Å²) in [5.74, 6) is 0. The van der Waals surface area contributed by atoms with Gasteiger partial charge in [0.1, 0.15) is 0 Å². The molecule has 0 aromatic heterocycles. The molecule has 0 aliphatic heterocycles. The van der Waals surface area contributed by atoms with Crippen LogP contribution in [0.25, 0.3) is 0 Å². The second-order valence-corrected chi connectivity index (χ2v) is 8.56. The van der Waals surface area contributed by atoms with Gasteiger partial charge in [0.15, 0.2) is 0 Å². The lowest BCUT2D eigenvalue weighted by molar-refractivity contribution is 0.292. The normalized spacial score (nSPS) is 12.5. The van der Waals surface area contributed by atoms with Crippen molar-refractivity contribution < 1.29 is 8.42 Å². The van der Waals surface area contributed by atoms with Crippen molar-refractivity contribution in [2.24, 2.45) is 11.1 Å². The molecule has 7 heteroatoms. The van der Waals surface area contributed by atoms with E-state index in [2.05, 4.69) is 0 Å². The zero-order valence-corrected chi connectivity index (χ0v) is 15.7. The van der Waals surface area contributed by atoms with Gasteiger partial charge in [-0.25, -0.2) is 12.7 Å². The number of halogens is 1. The Kier molecular flexibility index (Phi) is 8.02. The smallest absolute Gasteiger partial charge is 0.242 e. The van der Waals surface area contributed by atoms with Crippen LogP contribution in [0.4, 0.5) is 0 Å². The molecule has 2 N–H and O–H groups in total. The van der Waals surface area contributed by atoms with Crippen LogP contribution < -0.4 is 5.73 Å². The monoisotopic (exact) mass is 349 g/mol. The van der Waals surface area contributed by atoms with E-state index in [-0.39, 0.29) is 17.8 Å². The molecule has 1 aromatic rings. The van der Waals surface area contributed by atoms with Gasteiger partial charge in [0, 0.05) is 20.1 Å². The molecular weight excluding hydrogens is 322 g/mol. The molecular formula is C15H28ClN3O2S. The minimum absolute atomic E-state index is 0. The van der Waals surface area contributed by atoms with Crippen LogP contribution in [0.5, 0.6) is 0 Å². The molecule has 5 nitrogen and oxygen atoms in total. The summed E-state index contributed by atoms with van der Waals surface area (Å²) in [6.45, 7) is 5.54. The molecule has 0 aliphatic rings. The van der Waals surface area contributed by atoms with E-state index in [1.807, 2.05) is 45.0 Å². The summed E-state index contributed by atoms with van der Waals surface area (Å²) >= 11 is 0. The predicted octanol–water partition coefficient (Wildman–Crippen LogP) is 1.78. The third-order valence-corrected chi connectivity index (χ3v) is 5.15. The fourth-order valence-electron chi connectivity index (χ4n) is 2.06. The Morgan fingerprint density at radius 3 is 2.00 bits per heavy atom. The van der Waals surface area contributed by atoms with Crippen molar-refractivity contribution in [3.8, 4) is 0 Å². The summed E-state index contributed by atoms with van der Waals surface area (Å²) in [7, 11) is 2.09. The second-order valence-electron chi connectivity index (χ2n) is 6.51. The SMILES string of the molecule is CN(C)Cc1ccc(S(=O)(=O)N(C)CC(C)(C)CN)cc1.Cl. The standard InChI is InChI=1S/C15H27N3O2S.ClH/c1-15(2,11-16)12-18(5)21(19,20)14-8-6-13(7-9-14)10-17(3)4;/h6-9H,10-12,16H2,1-5H3;1H. The van der Waals surface area contributed by atoms with E-state index in [1.54, 1.807) is 19.2 Å². The van der Waals surface area contributed by atoms with E-state index in [0.717, 1.165) is 12.1 Å². The Balaban J connectivity index is 0.00000441. The number of sulfonamides is 1. The summed E-state index contributed by atoms with van der Waals surface area (Å²) in [4.78, 5) is 2.36. The van der Waals surface area contributed by atoms with Gasteiger partial charge < -0.3 is 10.6 Å². The van der Waals surface area contributed by atoms with Gasteiger partial charge in [-0.3, -0.25) is 0 Å². The molecule has 0 saturated carbocycles. The number of hydrogen-bond acceptors (Lipinski definition) is 4. The quantitative estimate of drug-likeness (QED) is 0.814. The molecule has 1 aromatic carbocycles. The summed E-state index contributed by atoms with van der Waals surface area (Å²) in [5.41, 5.74) is 6.52. The topological polar surface area (TPSA) is 66.6 Å². The summed E-state index contributed by atoms with van der Waals surface area (Å²) in [5, 5.41) is 0. The van der Waals surface area contributed by atoms with Crippen LogP contribution in [0.3, 0.4) is 0 Å². The number of hydrogen-bond donors (Lipinski definition) is 1. The lowest BCUT2D eigenvalue weighted by atomic mass is 9.94. The number of benzene rings is 1. The largest absolute Gasteiger partial charge is 0.330 e. The maximum absolute atomic E-state index is 12.5. The van der Waals surface area contributed by atoms with Gasteiger partial charge in [-0.2, -0.15) is 0 Å². The van der Waals surface area contributed by atoms with Gasteiger partial charge in [0.25, 0.3) is 0 Å².